The molecular weight excluding hydrogens is 284 g/mol. The topological polar surface area (TPSA) is 97.1 Å². The van der Waals surface area contributed by atoms with E-state index >= 15 is 0 Å². The number of carbonyl (C=O) groups excluding carboxylic acids is 1. The third-order valence-electron chi connectivity index (χ3n) is 3.57. The highest BCUT2D eigenvalue weighted by Gasteiger charge is 2.34. The van der Waals surface area contributed by atoms with Crippen molar-refractivity contribution in [3.8, 4) is 0 Å². The largest absolute Gasteiger partial charge is 0.476 e. The maximum Gasteiger partial charge on any atom is 0.358 e. The van der Waals surface area contributed by atoms with Gasteiger partial charge in [-0.3, -0.25) is 4.79 Å². The minimum Gasteiger partial charge on any atom is -0.476 e. The molecule has 0 atom stereocenters. The zero-order valence-corrected chi connectivity index (χ0v) is 12.1. The number of nitrogens with one attached hydrogen (secondary N) is 1. The van der Waals surface area contributed by atoms with Crippen LogP contribution < -0.4 is 5.32 Å². The summed E-state index contributed by atoms with van der Waals surface area (Å²) in [5.74, 6) is -1.21. The molecule has 1 fully saturated rings. The Kier molecular flexibility index (Phi) is 3.62. The molecule has 1 amide bonds. The Morgan fingerprint density at radius 1 is 1.32 bits per heavy atom. The van der Waals surface area contributed by atoms with E-state index in [0.717, 1.165) is 18.4 Å². The van der Waals surface area contributed by atoms with Crippen LogP contribution >= 0.6 is 0 Å². The fourth-order valence-electron chi connectivity index (χ4n) is 2.32. The first kappa shape index (κ1) is 14.2. The summed E-state index contributed by atoms with van der Waals surface area (Å²) >= 11 is 0. The molecule has 1 saturated carbocycles. The molecule has 2 aromatic rings. The summed E-state index contributed by atoms with van der Waals surface area (Å²) in [6, 6.07) is 7.45. The molecule has 0 radical (unpaired) electrons. The minimum absolute atomic E-state index is 0.0417. The predicted octanol–water partition coefficient (Wildman–Crippen LogP) is 1.80. The number of aryl methyl sites for hydroxylation is 1. The smallest absolute Gasteiger partial charge is 0.358 e. The molecule has 0 bridgehead atoms. The number of carboxylic acid groups (broad SMARTS) is 1. The molecule has 1 aliphatic rings. The molecule has 2 N–H and O–H groups in total. The molecule has 0 unspecified atom stereocenters. The molecule has 0 saturated heterocycles. The molecule has 3 rings (SSSR count). The van der Waals surface area contributed by atoms with Gasteiger partial charge in [0.05, 0.1) is 5.69 Å². The van der Waals surface area contributed by atoms with Crippen molar-refractivity contribution in [3.63, 3.8) is 0 Å². The fourth-order valence-corrected chi connectivity index (χ4v) is 2.32. The van der Waals surface area contributed by atoms with E-state index in [1.165, 1.54) is 4.68 Å². The lowest BCUT2D eigenvalue weighted by Crippen LogP contribution is -2.21. The van der Waals surface area contributed by atoms with Gasteiger partial charge in [0.2, 0.25) is 5.91 Å². The summed E-state index contributed by atoms with van der Waals surface area (Å²) in [5, 5.41) is 19.4. The van der Waals surface area contributed by atoms with Crippen molar-refractivity contribution in [2.24, 2.45) is 0 Å². The van der Waals surface area contributed by atoms with E-state index in [9.17, 15) is 9.59 Å². The number of carbonyl (C=O) groups is 2. The third-order valence-corrected chi connectivity index (χ3v) is 3.57. The average Bonchev–Trinajstić information content (AvgIpc) is 3.22. The van der Waals surface area contributed by atoms with Gasteiger partial charge in [-0.2, -0.15) is 0 Å². The van der Waals surface area contributed by atoms with Gasteiger partial charge < -0.3 is 10.4 Å². The number of amides is 1. The first-order valence-electron chi connectivity index (χ1n) is 7.08. The van der Waals surface area contributed by atoms with Crippen LogP contribution in [0.5, 0.6) is 0 Å². The van der Waals surface area contributed by atoms with Crippen LogP contribution in [0, 0.1) is 6.92 Å². The highest BCUT2D eigenvalue weighted by atomic mass is 16.4. The molecule has 114 valence electrons. The predicted molar refractivity (Wildman–Crippen MR) is 78.8 cm³/mol. The number of anilines is 1. The summed E-state index contributed by atoms with van der Waals surface area (Å²) in [5.41, 5.74) is 2.30. The van der Waals surface area contributed by atoms with Crippen molar-refractivity contribution in [3.05, 3.63) is 41.2 Å². The fraction of sp³-hybridized carbons (Fsp3) is 0.333. The Balaban J connectivity index is 1.74. The molecule has 7 nitrogen and oxygen atoms in total. The van der Waals surface area contributed by atoms with E-state index in [1.807, 2.05) is 31.2 Å². The highest BCUT2D eigenvalue weighted by Crippen LogP contribution is 2.41. The summed E-state index contributed by atoms with van der Waals surface area (Å²) in [4.78, 5) is 23.3. The van der Waals surface area contributed by atoms with Crippen molar-refractivity contribution >= 4 is 17.6 Å². The van der Waals surface area contributed by atoms with Gasteiger partial charge in [-0.15, -0.1) is 5.10 Å². The van der Waals surface area contributed by atoms with Crippen LogP contribution in [-0.2, 0) is 11.3 Å². The van der Waals surface area contributed by atoms with Gasteiger partial charge in [-0.1, -0.05) is 22.9 Å². The van der Waals surface area contributed by atoms with Gasteiger partial charge in [0.15, 0.2) is 5.69 Å². The standard InChI is InChI=1S/C15H16N4O3/c1-9-2-6-11(7-3-9)16-12(20)8-19-14(10-4-5-10)13(15(21)22)17-18-19/h2-3,6-7,10H,4-5,8H2,1H3,(H,16,20)(H,21,22). The Morgan fingerprint density at radius 2 is 2.00 bits per heavy atom. The second-order valence-corrected chi connectivity index (χ2v) is 5.47. The average molecular weight is 300 g/mol. The number of nitrogens with zero attached hydrogens (tertiary/aromatic N) is 3. The van der Waals surface area contributed by atoms with Crippen molar-refractivity contribution in [1.29, 1.82) is 0 Å². The van der Waals surface area contributed by atoms with Crippen molar-refractivity contribution < 1.29 is 14.7 Å². The van der Waals surface area contributed by atoms with Gasteiger partial charge in [-0.25, -0.2) is 9.48 Å². The lowest BCUT2D eigenvalue weighted by atomic mass is 10.2. The van der Waals surface area contributed by atoms with Crippen LogP contribution in [0.3, 0.4) is 0 Å². The van der Waals surface area contributed by atoms with Crippen LogP contribution in [0.2, 0.25) is 0 Å². The number of hydrogen-bond donors (Lipinski definition) is 2. The minimum atomic E-state index is -1.10. The molecule has 0 aliphatic heterocycles. The zero-order valence-electron chi connectivity index (χ0n) is 12.1. The quantitative estimate of drug-likeness (QED) is 0.877. The molecule has 22 heavy (non-hydrogen) atoms. The van der Waals surface area contributed by atoms with E-state index in [1.54, 1.807) is 0 Å². The van der Waals surface area contributed by atoms with Gasteiger partial charge >= 0.3 is 5.97 Å². The van der Waals surface area contributed by atoms with Crippen molar-refractivity contribution in [2.45, 2.75) is 32.2 Å². The molecule has 1 aromatic carbocycles. The van der Waals surface area contributed by atoms with E-state index < -0.39 is 5.97 Å². The van der Waals surface area contributed by atoms with E-state index in [0.29, 0.717) is 11.4 Å². The summed E-state index contributed by atoms with van der Waals surface area (Å²) in [7, 11) is 0. The van der Waals surface area contributed by atoms with Gasteiger partial charge in [0.25, 0.3) is 0 Å². The Morgan fingerprint density at radius 3 is 2.59 bits per heavy atom. The van der Waals surface area contributed by atoms with E-state index in [-0.39, 0.29) is 24.1 Å². The van der Waals surface area contributed by atoms with Crippen LogP contribution in [0.4, 0.5) is 5.69 Å². The summed E-state index contributed by atoms with van der Waals surface area (Å²) in [6.45, 7) is 1.93. The first-order chi connectivity index (χ1) is 10.5. The van der Waals surface area contributed by atoms with Crippen LogP contribution in [-0.4, -0.2) is 32.0 Å². The summed E-state index contributed by atoms with van der Waals surface area (Å²) < 4.78 is 1.39. The molecular formula is C15H16N4O3. The van der Waals surface area contributed by atoms with Crippen LogP contribution in [0.25, 0.3) is 0 Å². The lowest BCUT2D eigenvalue weighted by Gasteiger charge is -2.08. The normalized spacial score (nSPS) is 13.9. The number of aromatic nitrogens is 3. The molecule has 1 aromatic heterocycles. The number of aromatic carboxylic acids is 1. The first-order valence-corrected chi connectivity index (χ1v) is 7.08. The maximum atomic E-state index is 12.1. The van der Waals surface area contributed by atoms with E-state index in [4.69, 9.17) is 5.11 Å². The van der Waals surface area contributed by atoms with E-state index in [2.05, 4.69) is 15.6 Å². The van der Waals surface area contributed by atoms with Crippen LogP contribution in [0.15, 0.2) is 24.3 Å². The lowest BCUT2D eigenvalue weighted by molar-refractivity contribution is -0.117. The second-order valence-electron chi connectivity index (χ2n) is 5.47. The summed E-state index contributed by atoms with van der Waals surface area (Å²) in [6.07, 6.45) is 1.82. The number of hydrogen-bond acceptors (Lipinski definition) is 4. The monoisotopic (exact) mass is 300 g/mol. The van der Waals surface area contributed by atoms with Gasteiger partial charge in [-0.05, 0) is 31.9 Å². The van der Waals surface area contributed by atoms with Crippen molar-refractivity contribution in [1.82, 2.24) is 15.0 Å². The maximum absolute atomic E-state index is 12.1. The molecule has 7 heteroatoms. The SMILES string of the molecule is Cc1ccc(NC(=O)Cn2nnc(C(=O)O)c2C2CC2)cc1. The Hall–Kier alpha value is -2.70. The number of rotatable bonds is 5. The van der Waals surface area contributed by atoms with Crippen LogP contribution in [0.1, 0.15) is 40.5 Å². The van der Waals surface area contributed by atoms with Crippen molar-refractivity contribution in [2.75, 3.05) is 5.32 Å². The highest BCUT2D eigenvalue weighted by molar-refractivity contribution is 5.91. The molecule has 0 spiro atoms. The van der Waals surface area contributed by atoms with Gasteiger partial charge in [0, 0.05) is 11.6 Å². The zero-order chi connectivity index (χ0) is 15.7. The molecule has 1 heterocycles. The second kappa shape index (κ2) is 5.59. The third kappa shape index (κ3) is 2.98. The van der Waals surface area contributed by atoms with Gasteiger partial charge in [0.1, 0.15) is 6.54 Å². The Labute approximate surface area is 126 Å². The Bertz CT molecular complexity index is 717. The number of carboxylic acids is 1. The number of benzene rings is 1. The molecule has 1 aliphatic carbocycles.